The van der Waals surface area contributed by atoms with Crippen molar-refractivity contribution >= 4 is 11.6 Å². The van der Waals surface area contributed by atoms with Crippen molar-refractivity contribution in [3.8, 4) is 0 Å². The molecule has 2 rings (SSSR count). The molecule has 124 valence electrons. The van der Waals surface area contributed by atoms with Crippen molar-refractivity contribution in [2.75, 3.05) is 0 Å². The molecule has 1 N–H and O–H groups in total. The van der Waals surface area contributed by atoms with Crippen molar-refractivity contribution in [1.82, 2.24) is 24.9 Å². The van der Waals surface area contributed by atoms with Gasteiger partial charge in [0, 0.05) is 18.8 Å². The van der Waals surface area contributed by atoms with E-state index in [9.17, 15) is 14.9 Å². The van der Waals surface area contributed by atoms with Gasteiger partial charge in [-0.1, -0.05) is 6.92 Å². The van der Waals surface area contributed by atoms with Gasteiger partial charge in [0.05, 0.1) is 16.7 Å². The minimum absolute atomic E-state index is 0.132. The lowest BCUT2D eigenvalue weighted by atomic mass is 10.1. The number of carbonyl (C=O) groups excluding carboxylic acids is 1. The quantitative estimate of drug-likeness (QED) is 0.643. The second-order valence-electron chi connectivity index (χ2n) is 5.43. The molecule has 0 aliphatic heterocycles. The summed E-state index contributed by atoms with van der Waals surface area (Å²) < 4.78 is 3.03. The zero-order chi connectivity index (χ0) is 17.1. The molecular weight excluding hydrogens is 300 g/mol. The largest absolute Gasteiger partial charge is 0.348 e. The number of rotatable bonds is 6. The Kier molecular flexibility index (Phi) is 4.77. The van der Waals surface area contributed by atoms with Crippen LogP contribution in [0.15, 0.2) is 18.6 Å². The molecule has 0 bridgehead atoms. The smallest absolute Gasteiger partial charge is 0.307 e. The lowest BCUT2D eigenvalue weighted by Gasteiger charge is -2.19. The molecule has 2 heterocycles. The number of aromatic nitrogens is 4. The Hall–Kier alpha value is -2.71. The van der Waals surface area contributed by atoms with Gasteiger partial charge >= 0.3 is 5.69 Å². The third-order valence-corrected chi connectivity index (χ3v) is 3.68. The van der Waals surface area contributed by atoms with E-state index < -0.39 is 11.0 Å². The van der Waals surface area contributed by atoms with E-state index in [0.29, 0.717) is 6.42 Å². The standard InChI is InChI=1S/C14H20N6O3/c1-5-13(19-7-11(6-15-19)20(22)23)14(21)16-9(2)12-8-18(4)17-10(12)3/h6-9,13H,5H2,1-4H3,(H,16,21). The molecule has 0 saturated heterocycles. The van der Waals surface area contributed by atoms with Crippen LogP contribution in [0.5, 0.6) is 0 Å². The molecule has 0 saturated carbocycles. The van der Waals surface area contributed by atoms with Gasteiger partial charge in [-0.05, 0) is 20.3 Å². The molecule has 9 nitrogen and oxygen atoms in total. The van der Waals surface area contributed by atoms with Gasteiger partial charge in [-0.25, -0.2) is 0 Å². The monoisotopic (exact) mass is 320 g/mol. The van der Waals surface area contributed by atoms with Crippen LogP contribution in [-0.2, 0) is 11.8 Å². The van der Waals surface area contributed by atoms with E-state index in [1.807, 2.05) is 34.0 Å². The lowest BCUT2D eigenvalue weighted by Crippen LogP contribution is -2.34. The van der Waals surface area contributed by atoms with Crippen LogP contribution in [-0.4, -0.2) is 30.4 Å². The fraction of sp³-hybridized carbons (Fsp3) is 0.500. The van der Waals surface area contributed by atoms with E-state index in [1.165, 1.54) is 10.9 Å². The SMILES string of the molecule is CCC(C(=O)NC(C)c1cn(C)nc1C)n1cc([N+](=O)[O-])cn1. The van der Waals surface area contributed by atoms with Crippen molar-refractivity contribution < 1.29 is 9.72 Å². The number of carbonyl (C=O) groups is 1. The van der Waals surface area contributed by atoms with Gasteiger partial charge in [-0.2, -0.15) is 10.2 Å². The molecule has 23 heavy (non-hydrogen) atoms. The van der Waals surface area contributed by atoms with Crippen LogP contribution >= 0.6 is 0 Å². The average molecular weight is 320 g/mol. The molecule has 2 atom stereocenters. The summed E-state index contributed by atoms with van der Waals surface area (Å²) in [5, 5.41) is 21.8. The van der Waals surface area contributed by atoms with Gasteiger partial charge in [-0.15, -0.1) is 0 Å². The zero-order valence-corrected chi connectivity index (χ0v) is 13.6. The highest BCUT2D eigenvalue weighted by atomic mass is 16.6. The van der Waals surface area contributed by atoms with Crippen molar-refractivity contribution in [3.05, 3.63) is 40.0 Å². The van der Waals surface area contributed by atoms with E-state index in [-0.39, 0.29) is 17.6 Å². The first-order valence-electron chi connectivity index (χ1n) is 7.32. The average Bonchev–Trinajstić information content (AvgIpc) is 3.06. The molecule has 2 aromatic heterocycles. The number of hydrogen-bond acceptors (Lipinski definition) is 5. The number of nitrogens with one attached hydrogen (secondary N) is 1. The molecule has 9 heteroatoms. The Morgan fingerprint density at radius 1 is 1.48 bits per heavy atom. The van der Waals surface area contributed by atoms with Gasteiger partial charge in [-0.3, -0.25) is 24.3 Å². The third-order valence-electron chi connectivity index (χ3n) is 3.68. The van der Waals surface area contributed by atoms with Crippen LogP contribution < -0.4 is 5.32 Å². The molecule has 0 aliphatic carbocycles. The Bertz CT molecular complexity index is 720. The summed E-state index contributed by atoms with van der Waals surface area (Å²) in [6.45, 7) is 5.59. The Morgan fingerprint density at radius 3 is 2.65 bits per heavy atom. The fourth-order valence-electron chi connectivity index (χ4n) is 2.52. The van der Waals surface area contributed by atoms with Crippen LogP contribution in [0.4, 0.5) is 5.69 Å². The summed E-state index contributed by atoms with van der Waals surface area (Å²) in [6.07, 6.45) is 4.75. The topological polar surface area (TPSA) is 108 Å². The Labute approximate surface area is 133 Å². The zero-order valence-electron chi connectivity index (χ0n) is 13.6. The van der Waals surface area contributed by atoms with E-state index in [2.05, 4.69) is 15.5 Å². The maximum Gasteiger partial charge on any atom is 0.307 e. The number of hydrogen-bond donors (Lipinski definition) is 1. The Balaban J connectivity index is 2.13. The molecule has 2 unspecified atom stereocenters. The lowest BCUT2D eigenvalue weighted by molar-refractivity contribution is -0.385. The molecule has 2 aromatic rings. The predicted octanol–water partition coefficient (Wildman–Crippen LogP) is 1.66. The predicted molar refractivity (Wildman–Crippen MR) is 82.7 cm³/mol. The number of nitrogens with zero attached hydrogens (tertiary/aromatic N) is 5. The number of aryl methyl sites for hydroxylation is 2. The summed E-state index contributed by atoms with van der Waals surface area (Å²) in [4.78, 5) is 22.7. The maximum absolute atomic E-state index is 12.5. The van der Waals surface area contributed by atoms with Crippen molar-refractivity contribution in [2.45, 2.75) is 39.3 Å². The maximum atomic E-state index is 12.5. The van der Waals surface area contributed by atoms with Gasteiger partial charge in [0.2, 0.25) is 5.91 Å². The van der Waals surface area contributed by atoms with Crippen molar-refractivity contribution in [1.29, 1.82) is 0 Å². The second-order valence-corrected chi connectivity index (χ2v) is 5.43. The van der Waals surface area contributed by atoms with Crippen LogP contribution in [0.2, 0.25) is 0 Å². The summed E-state index contributed by atoms with van der Waals surface area (Å²) in [5.74, 6) is -0.235. The minimum Gasteiger partial charge on any atom is -0.348 e. The second kappa shape index (κ2) is 6.59. The van der Waals surface area contributed by atoms with Gasteiger partial charge in [0.1, 0.15) is 18.4 Å². The highest BCUT2D eigenvalue weighted by molar-refractivity contribution is 5.80. The molecular formula is C14H20N6O3. The van der Waals surface area contributed by atoms with Gasteiger partial charge in [0.25, 0.3) is 0 Å². The third kappa shape index (κ3) is 3.55. The molecule has 0 radical (unpaired) electrons. The number of amides is 1. The first kappa shape index (κ1) is 16.7. The minimum atomic E-state index is -0.594. The summed E-state index contributed by atoms with van der Waals surface area (Å²) in [7, 11) is 1.82. The number of nitro groups is 1. The highest BCUT2D eigenvalue weighted by Gasteiger charge is 2.24. The summed E-state index contributed by atoms with van der Waals surface area (Å²) in [5.41, 5.74) is 1.65. The van der Waals surface area contributed by atoms with E-state index >= 15 is 0 Å². The molecule has 0 aromatic carbocycles. The van der Waals surface area contributed by atoms with Crippen LogP contribution in [0.3, 0.4) is 0 Å². The fourth-order valence-corrected chi connectivity index (χ4v) is 2.52. The molecule has 0 spiro atoms. The molecule has 0 fully saturated rings. The van der Waals surface area contributed by atoms with Crippen LogP contribution in [0.1, 0.15) is 43.6 Å². The molecule has 0 aliphatic rings. The first-order chi connectivity index (χ1) is 10.8. The van der Waals surface area contributed by atoms with Crippen molar-refractivity contribution in [2.24, 2.45) is 7.05 Å². The normalized spacial score (nSPS) is 13.6. The van der Waals surface area contributed by atoms with Crippen LogP contribution in [0.25, 0.3) is 0 Å². The van der Waals surface area contributed by atoms with E-state index in [0.717, 1.165) is 17.5 Å². The first-order valence-corrected chi connectivity index (χ1v) is 7.32. The van der Waals surface area contributed by atoms with Gasteiger partial charge in [0.15, 0.2) is 0 Å². The van der Waals surface area contributed by atoms with E-state index in [4.69, 9.17) is 0 Å². The van der Waals surface area contributed by atoms with Crippen molar-refractivity contribution in [3.63, 3.8) is 0 Å². The van der Waals surface area contributed by atoms with E-state index in [1.54, 1.807) is 4.68 Å². The summed E-state index contributed by atoms with van der Waals surface area (Å²) >= 11 is 0. The molecule has 1 amide bonds. The van der Waals surface area contributed by atoms with Gasteiger partial charge < -0.3 is 5.32 Å². The Morgan fingerprint density at radius 2 is 2.17 bits per heavy atom. The van der Waals surface area contributed by atoms with Crippen LogP contribution in [0, 0.1) is 17.0 Å². The summed E-state index contributed by atoms with van der Waals surface area (Å²) in [6, 6.07) is -0.807. The highest BCUT2D eigenvalue weighted by Crippen LogP contribution is 2.19.